The lowest BCUT2D eigenvalue weighted by atomic mass is 9.93. The summed E-state index contributed by atoms with van der Waals surface area (Å²) in [6.45, 7) is 27.5. The normalized spacial score (nSPS) is 14.2. The van der Waals surface area contributed by atoms with Crippen LogP contribution in [0.4, 0.5) is 0 Å². The Labute approximate surface area is 161 Å². The van der Waals surface area contributed by atoms with E-state index < -0.39 is 0 Å². The van der Waals surface area contributed by atoms with Crippen LogP contribution in [0.25, 0.3) is 0 Å². The third-order valence-corrected chi connectivity index (χ3v) is 7.68. The zero-order chi connectivity index (χ0) is 18.8. The minimum atomic E-state index is 0.427. The fourth-order valence-corrected chi connectivity index (χ4v) is 5.03. The van der Waals surface area contributed by atoms with Gasteiger partial charge in [0.1, 0.15) is 0 Å². The maximum absolute atomic E-state index is 2.36. The maximum atomic E-state index is 2.36. The number of rotatable bonds is 7. The van der Waals surface area contributed by atoms with Crippen molar-refractivity contribution in [1.29, 1.82) is 0 Å². The van der Waals surface area contributed by atoms with Crippen molar-refractivity contribution in [2.45, 2.75) is 104 Å². The van der Waals surface area contributed by atoms with E-state index in [9.17, 15) is 0 Å². The van der Waals surface area contributed by atoms with Gasteiger partial charge in [-0.1, -0.05) is 83.1 Å². The van der Waals surface area contributed by atoms with Crippen LogP contribution in [0.1, 0.15) is 83.1 Å². The van der Waals surface area contributed by atoms with Crippen molar-refractivity contribution >= 4 is 35.3 Å². The lowest BCUT2D eigenvalue weighted by molar-refractivity contribution is 0.413. The Morgan fingerprint density at radius 2 is 1.17 bits per heavy atom. The predicted molar refractivity (Wildman–Crippen MR) is 121 cm³/mol. The second-order valence-corrected chi connectivity index (χ2v) is 14.5. The third kappa shape index (κ3) is 21.0. The maximum Gasteiger partial charge on any atom is 0.0189 e. The van der Waals surface area contributed by atoms with Gasteiger partial charge in [-0.15, -0.1) is 0 Å². The molecule has 0 saturated heterocycles. The van der Waals surface area contributed by atoms with Crippen LogP contribution in [0.3, 0.4) is 0 Å². The first kappa shape index (κ1) is 26.3. The van der Waals surface area contributed by atoms with Gasteiger partial charge in [0.15, 0.2) is 0 Å². The van der Waals surface area contributed by atoms with E-state index in [0.29, 0.717) is 10.2 Å². The molecule has 23 heavy (non-hydrogen) atoms. The average Bonchev–Trinajstić information content (AvgIpc) is 2.30. The van der Waals surface area contributed by atoms with Gasteiger partial charge in [-0.2, -0.15) is 35.3 Å². The largest absolute Gasteiger partial charge is 0.158 e. The summed E-state index contributed by atoms with van der Waals surface area (Å²) in [6.07, 6.45) is 0. The molecule has 0 saturated carbocycles. The van der Waals surface area contributed by atoms with Crippen molar-refractivity contribution in [2.75, 3.05) is 11.5 Å². The van der Waals surface area contributed by atoms with Crippen molar-refractivity contribution in [2.24, 2.45) is 11.3 Å². The molecule has 0 fully saturated rings. The molecule has 0 aromatic carbocycles. The molecule has 0 radical (unpaired) electrons. The highest BCUT2D eigenvalue weighted by atomic mass is 32.2. The molecule has 0 rings (SSSR count). The predicted octanol–water partition coefficient (Wildman–Crippen LogP) is 7.86. The van der Waals surface area contributed by atoms with Gasteiger partial charge >= 0.3 is 0 Å². The van der Waals surface area contributed by atoms with Gasteiger partial charge in [0.05, 0.1) is 0 Å². The SMILES string of the molecule is CC(C)CSC(C)(C)C.CC(C)SCC(SC(C)C)C(C)(C)C. The zero-order valence-corrected chi connectivity index (χ0v) is 20.4. The number of thioether (sulfide) groups is 3. The molecule has 0 bridgehead atoms. The summed E-state index contributed by atoms with van der Waals surface area (Å²) in [5.41, 5.74) is 0.427. The lowest BCUT2D eigenvalue weighted by Gasteiger charge is -2.31. The molecule has 1 unspecified atom stereocenters. The van der Waals surface area contributed by atoms with Crippen LogP contribution in [-0.4, -0.2) is 32.0 Å². The van der Waals surface area contributed by atoms with Crippen LogP contribution in [0.2, 0.25) is 0 Å². The molecule has 3 heteroatoms. The van der Waals surface area contributed by atoms with Crippen molar-refractivity contribution < 1.29 is 0 Å². The summed E-state index contributed by atoms with van der Waals surface area (Å²) in [5.74, 6) is 3.39. The van der Waals surface area contributed by atoms with E-state index in [-0.39, 0.29) is 0 Å². The Hall–Kier alpha value is 1.05. The monoisotopic (exact) mass is 380 g/mol. The van der Waals surface area contributed by atoms with Gasteiger partial charge in [-0.25, -0.2) is 0 Å². The molecular weight excluding hydrogens is 336 g/mol. The summed E-state index contributed by atoms with van der Waals surface area (Å²) in [7, 11) is 0. The highest BCUT2D eigenvalue weighted by molar-refractivity contribution is 8.04. The van der Waals surface area contributed by atoms with Crippen LogP contribution >= 0.6 is 35.3 Å². The molecule has 1 atom stereocenters. The third-order valence-electron chi connectivity index (χ3n) is 2.83. The molecule has 0 aliphatic carbocycles. The average molecular weight is 381 g/mol. The Kier molecular flexibility index (Phi) is 14.2. The van der Waals surface area contributed by atoms with Gasteiger partial charge < -0.3 is 0 Å². The standard InChI is InChI=1S/C12H26S2.C8H18S/c1-9(2)13-8-11(12(5,6)7)14-10(3)4;1-7(2)6-9-8(3,4)5/h9-11H,8H2,1-7H3;7H,6H2,1-5H3. The molecule has 0 spiro atoms. The van der Waals surface area contributed by atoms with E-state index in [0.717, 1.165) is 21.7 Å². The summed E-state index contributed by atoms with van der Waals surface area (Å²) in [5, 5.41) is 2.27. The van der Waals surface area contributed by atoms with Crippen LogP contribution < -0.4 is 0 Å². The van der Waals surface area contributed by atoms with Gasteiger partial charge in [0.25, 0.3) is 0 Å². The first-order chi connectivity index (χ1) is 10.1. The zero-order valence-electron chi connectivity index (χ0n) is 17.9. The first-order valence-electron chi connectivity index (χ1n) is 9.06. The second-order valence-electron chi connectivity index (χ2n) is 9.24. The van der Waals surface area contributed by atoms with Gasteiger partial charge in [0, 0.05) is 15.7 Å². The van der Waals surface area contributed by atoms with Crippen LogP contribution in [0.15, 0.2) is 0 Å². The minimum absolute atomic E-state index is 0.427. The topological polar surface area (TPSA) is 0 Å². The minimum Gasteiger partial charge on any atom is -0.158 e. The number of hydrogen-bond acceptors (Lipinski definition) is 3. The molecule has 0 amide bonds. The fourth-order valence-electron chi connectivity index (χ4n) is 1.52. The molecule has 0 aromatic heterocycles. The Morgan fingerprint density at radius 3 is 1.39 bits per heavy atom. The van der Waals surface area contributed by atoms with E-state index in [1.54, 1.807) is 0 Å². The number of hydrogen-bond donors (Lipinski definition) is 0. The summed E-state index contributed by atoms with van der Waals surface area (Å²) in [4.78, 5) is 0. The van der Waals surface area contributed by atoms with Crippen molar-refractivity contribution in [1.82, 2.24) is 0 Å². The summed E-state index contributed by atoms with van der Waals surface area (Å²) in [6, 6.07) is 0. The van der Waals surface area contributed by atoms with Crippen LogP contribution in [0, 0.1) is 11.3 Å². The highest BCUT2D eigenvalue weighted by Gasteiger charge is 2.26. The molecule has 0 aliphatic rings. The quantitative estimate of drug-likeness (QED) is 0.441. The lowest BCUT2D eigenvalue weighted by Crippen LogP contribution is -2.27. The highest BCUT2D eigenvalue weighted by Crippen LogP contribution is 2.35. The second kappa shape index (κ2) is 12.4. The summed E-state index contributed by atoms with van der Waals surface area (Å²) < 4.78 is 0.449. The van der Waals surface area contributed by atoms with Crippen LogP contribution in [0.5, 0.6) is 0 Å². The van der Waals surface area contributed by atoms with E-state index in [1.807, 2.05) is 11.8 Å². The van der Waals surface area contributed by atoms with E-state index in [2.05, 4.69) is 107 Å². The van der Waals surface area contributed by atoms with Crippen molar-refractivity contribution in [3.8, 4) is 0 Å². The van der Waals surface area contributed by atoms with Crippen molar-refractivity contribution in [3.05, 3.63) is 0 Å². The summed E-state index contributed by atoms with van der Waals surface area (Å²) >= 11 is 6.26. The van der Waals surface area contributed by atoms with E-state index in [4.69, 9.17) is 0 Å². The Morgan fingerprint density at radius 1 is 0.696 bits per heavy atom. The molecule has 0 aliphatic heterocycles. The van der Waals surface area contributed by atoms with Gasteiger partial charge in [-0.05, 0) is 27.6 Å². The van der Waals surface area contributed by atoms with E-state index >= 15 is 0 Å². The molecule has 0 aromatic rings. The fraction of sp³-hybridized carbons (Fsp3) is 1.00. The Bertz CT molecular complexity index is 270. The Balaban J connectivity index is 0. The smallest absolute Gasteiger partial charge is 0.0189 e. The molecule has 0 nitrogen and oxygen atoms in total. The van der Waals surface area contributed by atoms with Crippen LogP contribution in [-0.2, 0) is 0 Å². The van der Waals surface area contributed by atoms with Gasteiger partial charge in [0.2, 0.25) is 0 Å². The molecule has 0 N–H and O–H groups in total. The molecule has 142 valence electrons. The molecular formula is C20H44S3. The first-order valence-corrected chi connectivity index (χ1v) is 12.0. The van der Waals surface area contributed by atoms with Crippen molar-refractivity contribution in [3.63, 3.8) is 0 Å². The van der Waals surface area contributed by atoms with Gasteiger partial charge in [-0.3, -0.25) is 0 Å². The molecule has 0 heterocycles. The van der Waals surface area contributed by atoms with E-state index in [1.165, 1.54) is 11.5 Å².